The number of hydrogen-bond acceptors (Lipinski definition) is 2. The molecule has 2 aliphatic rings. The lowest BCUT2D eigenvalue weighted by atomic mass is 9.65. The average molecular weight is 252 g/mol. The third-order valence-corrected chi connectivity index (χ3v) is 4.63. The topological polar surface area (TPSA) is 32.3 Å². The minimum atomic E-state index is 0.0982. The Balaban J connectivity index is 2.11. The summed E-state index contributed by atoms with van der Waals surface area (Å²) in [6.07, 6.45) is 3.62. The Hall–Kier alpha value is -0.570. The van der Waals surface area contributed by atoms with Gasteiger partial charge < -0.3 is 10.2 Å². The summed E-state index contributed by atoms with van der Waals surface area (Å²) in [5, 5.41) is 3.11. The van der Waals surface area contributed by atoms with Crippen LogP contribution in [-0.2, 0) is 4.79 Å². The van der Waals surface area contributed by atoms with Crippen molar-refractivity contribution in [2.45, 2.75) is 53.0 Å². The molecule has 2 rings (SSSR count). The van der Waals surface area contributed by atoms with Crippen LogP contribution in [0, 0.1) is 16.7 Å². The van der Waals surface area contributed by atoms with Crippen LogP contribution < -0.4 is 5.32 Å². The van der Waals surface area contributed by atoms with Gasteiger partial charge in [-0.3, -0.25) is 4.79 Å². The molecule has 2 fully saturated rings. The second kappa shape index (κ2) is 4.52. The third-order valence-electron chi connectivity index (χ3n) is 4.63. The Kier molecular flexibility index (Phi) is 3.48. The summed E-state index contributed by atoms with van der Waals surface area (Å²) in [7, 11) is 1.91. The van der Waals surface area contributed by atoms with E-state index in [2.05, 4.69) is 31.0 Å². The molecule has 3 nitrogen and oxygen atoms in total. The molecule has 2 bridgehead atoms. The maximum atomic E-state index is 12.5. The molecule has 0 radical (unpaired) electrons. The SMILES string of the molecule is CNCC(C)C(=O)N1CC2(C)CC1CC(C)(C)C2. The van der Waals surface area contributed by atoms with Crippen molar-refractivity contribution in [1.82, 2.24) is 10.2 Å². The Morgan fingerprint density at radius 3 is 2.67 bits per heavy atom. The largest absolute Gasteiger partial charge is 0.339 e. The molecule has 1 aliphatic heterocycles. The number of fused-ring (bicyclic) bond motifs is 2. The molecule has 1 N–H and O–H groups in total. The normalized spacial score (nSPS) is 35.6. The van der Waals surface area contributed by atoms with Crippen LogP contribution in [-0.4, -0.2) is 37.0 Å². The zero-order valence-corrected chi connectivity index (χ0v) is 12.5. The number of rotatable bonds is 3. The van der Waals surface area contributed by atoms with Gasteiger partial charge in [0.05, 0.1) is 0 Å². The highest BCUT2D eigenvalue weighted by atomic mass is 16.2. The first-order chi connectivity index (χ1) is 8.26. The van der Waals surface area contributed by atoms with E-state index >= 15 is 0 Å². The molecule has 1 heterocycles. The van der Waals surface area contributed by atoms with E-state index in [1.807, 2.05) is 14.0 Å². The molecule has 0 aromatic carbocycles. The van der Waals surface area contributed by atoms with E-state index in [1.165, 1.54) is 19.3 Å². The predicted molar refractivity (Wildman–Crippen MR) is 74.3 cm³/mol. The first-order valence-corrected chi connectivity index (χ1v) is 7.21. The van der Waals surface area contributed by atoms with Gasteiger partial charge in [-0.25, -0.2) is 0 Å². The average Bonchev–Trinajstić information content (AvgIpc) is 2.47. The molecule has 18 heavy (non-hydrogen) atoms. The molecule has 3 unspecified atom stereocenters. The number of nitrogens with one attached hydrogen (secondary N) is 1. The molecule has 0 aromatic rings. The van der Waals surface area contributed by atoms with Gasteiger partial charge in [0.2, 0.25) is 5.91 Å². The summed E-state index contributed by atoms with van der Waals surface area (Å²) < 4.78 is 0. The molecule has 0 spiro atoms. The van der Waals surface area contributed by atoms with Gasteiger partial charge in [0.1, 0.15) is 0 Å². The van der Waals surface area contributed by atoms with E-state index in [0.29, 0.717) is 22.8 Å². The molecule has 0 aromatic heterocycles. The molecule has 3 atom stereocenters. The van der Waals surface area contributed by atoms with E-state index in [4.69, 9.17) is 0 Å². The van der Waals surface area contributed by atoms with E-state index in [-0.39, 0.29) is 5.92 Å². The number of carbonyl (C=O) groups excluding carboxylic acids is 1. The minimum Gasteiger partial charge on any atom is -0.339 e. The summed E-state index contributed by atoms with van der Waals surface area (Å²) in [5.74, 6) is 0.442. The molecule has 1 aliphatic carbocycles. The van der Waals surface area contributed by atoms with Gasteiger partial charge in [-0.05, 0) is 37.1 Å². The van der Waals surface area contributed by atoms with Crippen molar-refractivity contribution in [2.75, 3.05) is 20.1 Å². The molecule has 1 saturated heterocycles. The maximum Gasteiger partial charge on any atom is 0.226 e. The number of amides is 1. The first kappa shape index (κ1) is 13.9. The van der Waals surface area contributed by atoms with Gasteiger partial charge >= 0.3 is 0 Å². The van der Waals surface area contributed by atoms with E-state index in [1.54, 1.807) is 0 Å². The van der Waals surface area contributed by atoms with Crippen molar-refractivity contribution in [3.8, 4) is 0 Å². The zero-order valence-electron chi connectivity index (χ0n) is 12.5. The lowest BCUT2D eigenvalue weighted by Crippen LogP contribution is -2.42. The lowest BCUT2D eigenvalue weighted by Gasteiger charge is -2.39. The highest BCUT2D eigenvalue weighted by Gasteiger charge is 2.51. The summed E-state index contributed by atoms with van der Waals surface area (Å²) in [4.78, 5) is 14.7. The van der Waals surface area contributed by atoms with E-state index in [0.717, 1.165) is 13.1 Å². The van der Waals surface area contributed by atoms with Gasteiger partial charge in [0.25, 0.3) is 0 Å². The first-order valence-electron chi connectivity index (χ1n) is 7.21. The smallest absolute Gasteiger partial charge is 0.226 e. The maximum absolute atomic E-state index is 12.5. The molecule has 3 heteroatoms. The number of likely N-dealkylation sites (tertiary alicyclic amines) is 1. The number of hydrogen-bond donors (Lipinski definition) is 1. The molecular weight excluding hydrogens is 224 g/mol. The van der Waals surface area contributed by atoms with Crippen molar-refractivity contribution in [1.29, 1.82) is 0 Å². The highest BCUT2D eigenvalue weighted by Crippen LogP contribution is 2.52. The fourth-order valence-corrected chi connectivity index (χ4v) is 4.39. The Bertz CT molecular complexity index is 339. The van der Waals surface area contributed by atoms with Crippen molar-refractivity contribution < 1.29 is 4.79 Å². The monoisotopic (exact) mass is 252 g/mol. The highest BCUT2D eigenvalue weighted by molar-refractivity contribution is 5.79. The lowest BCUT2D eigenvalue weighted by molar-refractivity contribution is -0.136. The van der Waals surface area contributed by atoms with Gasteiger partial charge in [-0.2, -0.15) is 0 Å². The van der Waals surface area contributed by atoms with Crippen LogP contribution in [0.1, 0.15) is 47.0 Å². The number of carbonyl (C=O) groups is 1. The van der Waals surface area contributed by atoms with Crippen LogP contribution in [0.4, 0.5) is 0 Å². The van der Waals surface area contributed by atoms with Gasteiger partial charge in [0.15, 0.2) is 0 Å². The van der Waals surface area contributed by atoms with Crippen molar-refractivity contribution in [3.63, 3.8) is 0 Å². The summed E-state index contributed by atoms with van der Waals surface area (Å²) in [6, 6.07) is 0.477. The van der Waals surface area contributed by atoms with Gasteiger partial charge in [0, 0.05) is 25.0 Å². The van der Waals surface area contributed by atoms with Crippen LogP contribution in [0.3, 0.4) is 0 Å². The summed E-state index contributed by atoms with van der Waals surface area (Å²) in [5.41, 5.74) is 0.736. The van der Waals surface area contributed by atoms with Crippen molar-refractivity contribution >= 4 is 5.91 Å². The molecule has 1 saturated carbocycles. The predicted octanol–water partition coefficient (Wildman–Crippen LogP) is 2.27. The standard InChI is InChI=1S/C15H28N2O/c1-11(8-16-5)13(18)17-10-15(4)7-12(17)6-14(2,3)9-15/h11-12,16H,6-10H2,1-5H3. The Labute approximate surface area is 111 Å². The van der Waals surface area contributed by atoms with E-state index in [9.17, 15) is 4.79 Å². The second-order valence-corrected chi connectivity index (χ2v) is 7.64. The summed E-state index contributed by atoms with van der Waals surface area (Å²) in [6.45, 7) is 10.8. The van der Waals surface area contributed by atoms with Crippen LogP contribution in [0.25, 0.3) is 0 Å². The van der Waals surface area contributed by atoms with Gasteiger partial charge in [-0.15, -0.1) is 0 Å². The molecule has 104 valence electrons. The zero-order chi connectivity index (χ0) is 13.6. The minimum absolute atomic E-state index is 0.0982. The fourth-order valence-electron chi connectivity index (χ4n) is 4.39. The molecular formula is C15H28N2O. The van der Waals surface area contributed by atoms with Crippen molar-refractivity contribution in [3.05, 3.63) is 0 Å². The summed E-state index contributed by atoms with van der Waals surface area (Å²) >= 11 is 0. The van der Waals surface area contributed by atoms with Crippen LogP contribution in [0.2, 0.25) is 0 Å². The Morgan fingerprint density at radius 1 is 1.39 bits per heavy atom. The fraction of sp³-hybridized carbons (Fsp3) is 0.933. The Morgan fingerprint density at radius 2 is 2.06 bits per heavy atom. The van der Waals surface area contributed by atoms with Crippen LogP contribution in [0.5, 0.6) is 0 Å². The third kappa shape index (κ3) is 2.56. The van der Waals surface area contributed by atoms with E-state index < -0.39 is 0 Å². The number of nitrogens with zero attached hydrogens (tertiary/aromatic N) is 1. The van der Waals surface area contributed by atoms with Crippen LogP contribution >= 0.6 is 0 Å². The second-order valence-electron chi connectivity index (χ2n) is 7.64. The van der Waals surface area contributed by atoms with Crippen LogP contribution in [0.15, 0.2) is 0 Å². The molecule has 1 amide bonds. The van der Waals surface area contributed by atoms with Crippen molar-refractivity contribution in [2.24, 2.45) is 16.7 Å². The van der Waals surface area contributed by atoms with Gasteiger partial charge in [-0.1, -0.05) is 27.7 Å². The quantitative estimate of drug-likeness (QED) is 0.835.